The number of amides is 1. The molecule has 2 aromatic carbocycles. The zero-order chi connectivity index (χ0) is 17.5. The summed E-state index contributed by atoms with van der Waals surface area (Å²) < 4.78 is 5.72. The normalized spacial score (nSPS) is 9.88. The maximum Gasteiger partial charge on any atom is 0.255 e. The van der Waals surface area contributed by atoms with Crippen LogP contribution in [0.25, 0.3) is 0 Å². The summed E-state index contributed by atoms with van der Waals surface area (Å²) in [5.41, 5.74) is 2.47. The number of pyridine rings is 1. The van der Waals surface area contributed by atoms with Crippen LogP contribution in [0.15, 0.2) is 72.9 Å². The van der Waals surface area contributed by atoms with Gasteiger partial charge in [0, 0.05) is 11.8 Å². The van der Waals surface area contributed by atoms with E-state index in [2.05, 4.69) is 16.4 Å². The molecule has 0 saturated heterocycles. The van der Waals surface area contributed by atoms with Crippen molar-refractivity contribution < 1.29 is 9.53 Å². The van der Waals surface area contributed by atoms with E-state index in [0.29, 0.717) is 22.7 Å². The second-order valence-electron chi connectivity index (χ2n) is 5.28. The Bertz CT molecular complexity index is 917. The second kappa shape index (κ2) is 7.75. The van der Waals surface area contributed by atoms with Crippen molar-refractivity contribution >= 4 is 11.6 Å². The van der Waals surface area contributed by atoms with Gasteiger partial charge in [-0.25, -0.2) is 4.98 Å². The van der Waals surface area contributed by atoms with Crippen molar-refractivity contribution in [1.29, 1.82) is 5.26 Å². The molecule has 1 aromatic heterocycles. The Hall–Kier alpha value is -3.65. The number of ether oxygens (including phenoxy) is 1. The summed E-state index contributed by atoms with van der Waals surface area (Å²) in [6, 6.07) is 21.6. The lowest BCUT2D eigenvalue weighted by molar-refractivity contribution is 0.102. The molecule has 5 heteroatoms. The van der Waals surface area contributed by atoms with E-state index < -0.39 is 0 Å². The minimum absolute atomic E-state index is 0.232. The number of benzene rings is 2. The number of hydrogen-bond acceptors (Lipinski definition) is 4. The second-order valence-corrected chi connectivity index (χ2v) is 5.28. The van der Waals surface area contributed by atoms with E-state index >= 15 is 0 Å². The summed E-state index contributed by atoms with van der Waals surface area (Å²) in [5.74, 6) is 0.0964. The number of carbonyl (C=O) groups excluding carboxylic acids is 1. The Morgan fingerprint density at radius 2 is 1.92 bits per heavy atom. The summed E-state index contributed by atoms with van der Waals surface area (Å²) in [7, 11) is 0. The van der Waals surface area contributed by atoms with Gasteiger partial charge in [0.05, 0.1) is 11.6 Å². The summed E-state index contributed by atoms with van der Waals surface area (Å²) in [4.78, 5) is 16.5. The minimum Gasteiger partial charge on any atom is -0.471 e. The van der Waals surface area contributed by atoms with Gasteiger partial charge in [-0.2, -0.15) is 5.26 Å². The SMILES string of the molecule is N#Cc1cccc(COc2ncccc2NC(=O)c2ccccc2)c1. The lowest BCUT2D eigenvalue weighted by Crippen LogP contribution is -2.13. The molecule has 1 heterocycles. The number of nitrogens with one attached hydrogen (secondary N) is 1. The van der Waals surface area contributed by atoms with Crippen LogP contribution >= 0.6 is 0 Å². The first kappa shape index (κ1) is 16.2. The summed E-state index contributed by atoms with van der Waals surface area (Å²) in [5, 5.41) is 11.8. The molecular formula is C20H15N3O2. The summed E-state index contributed by atoms with van der Waals surface area (Å²) in [6.07, 6.45) is 1.60. The van der Waals surface area contributed by atoms with Crippen LogP contribution in [0.2, 0.25) is 0 Å². The van der Waals surface area contributed by atoms with Gasteiger partial charge >= 0.3 is 0 Å². The molecule has 122 valence electrons. The molecule has 0 fully saturated rings. The Balaban J connectivity index is 1.72. The Labute approximate surface area is 145 Å². The smallest absolute Gasteiger partial charge is 0.255 e. The molecule has 0 aliphatic rings. The molecule has 0 spiro atoms. The molecule has 3 aromatic rings. The Morgan fingerprint density at radius 3 is 2.72 bits per heavy atom. The zero-order valence-electron chi connectivity index (χ0n) is 13.3. The fourth-order valence-electron chi connectivity index (χ4n) is 2.27. The first-order chi connectivity index (χ1) is 12.3. The number of carbonyl (C=O) groups is 1. The van der Waals surface area contributed by atoms with E-state index in [1.165, 1.54) is 0 Å². The standard InChI is InChI=1S/C20H15N3O2/c21-13-15-6-4-7-16(12-15)14-25-20-18(10-5-11-22-20)23-19(24)17-8-2-1-3-9-17/h1-12H,14H2,(H,23,24). The summed E-state index contributed by atoms with van der Waals surface area (Å²) >= 11 is 0. The van der Waals surface area contributed by atoms with Crippen LogP contribution in [-0.2, 0) is 6.61 Å². The van der Waals surface area contributed by atoms with Gasteiger partial charge in [0.25, 0.3) is 5.91 Å². The van der Waals surface area contributed by atoms with Gasteiger partial charge in [-0.15, -0.1) is 0 Å². The van der Waals surface area contributed by atoms with Gasteiger partial charge in [0.1, 0.15) is 12.3 Å². The molecule has 0 aliphatic heterocycles. The fraction of sp³-hybridized carbons (Fsp3) is 0.0500. The van der Waals surface area contributed by atoms with Crippen LogP contribution < -0.4 is 10.1 Å². The third-order valence-electron chi connectivity index (χ3n) is 3.49. The first-order valence-corrected chi connectivity index (χ1v) is 7.69. The average Bonchev–Trinajstić information content (AvgIpc) is 2.68. The number of hydrogen-bond donors (Lipinski definition) is 1. The highest BCUT2D eigenvalue weighted by Gasteiger charge is 2.10. The topological polar surface area (TPSA) is 75.0 Å². The van der Waals surface area contributed by atoms with Gasteiger partial charge in [0.2, 0.25) is 5.88 Å². The van der Waals surface area contributed by atoms with E-state index in [9.17, 15) is 4.79 Å². The van der Waals surface area contributed by atoms with Crippen LogP contribution in [-0.4, -0.2) is 10.9 Å². The lowest BCUT2D eigenvalue weighted by Gasteiger charge is -2.11. The third kappa shape index (κ3) is 4.21. The largest absolute Gasteiger partial charge is 0.471 e. The van der Waals surface area contributed by atoms with E-state index in [0.717, 1.165) is 5.56 Å². The maximum absolute atomic E-state index is 12.3. The average molecular weight is 329 g/mol. The van der Waals surface area contributed by atoms with E-state index in [4.69, 9.17) is 10.00 Å². The predicted octanol–water partition coefficient (Wildman–Crippen LogP) is 3.78. The predicted molar refractivity (Wildman–Crippen MR) is 94.1 cm³/mol. The molecule has 0 saturated carbocycles. The highest BCUT2D eigenvalue weighted by Crippen LogP contribution is 2.22. The molecule has 0 radical (unpaired) electrons. The van der Waals surface area contributed by atoms with Gasteiger partial charge in [-0.1, -0.05) is 30.3 Å². The first-order valence-electron chi connectivity index (χ1n) is 7.69. The van der Waals surface area contributed by atoms with Gasteiger partial charge in [0.15, 0.2) is 0 Å². The maximum atomic E-state index is 12.3. The van der Waals surface area contributed by atoms with Crippen molar-refractivity contribution in [2.45, 2.75) is 6.61 Å². The number of nitriles is 1. The Kier molecular flexibility index (Phi) is 5.03. The Morgan fingerprint density at radius 1 is 1.08 bits per heavy atom. The van der Waals surface area contributed by atoms with Crippen LogP contribution in [0.4, 0.5) is 5.69 Å². The molecule has 3 rings (SSSR count). The van der Waals surface area contributed by atoms with Crippen molar-refractivity contribution in [3.8, 4) is 11.9 Å². The molecule has 5 nitrogen and oxygen atoms in total. The quantitative estimate of drug-likeness (QED) is 0.773. The van der Waals surface area contributed by atoms with E-state index in [1.807, 2.05) is 12.1 Å². The summed E-state index contributed by atoms with van der Waals surface area (Å²) in [6.45, 7) is 0.251. The molecular weight excluding hydrogens is 314 g/mol. The molecule has 1 amide bonds. The number of rotatable bonds is 5. The highest BCUT2D eigenvalue weighted by atomic mass is 16.5. The third-order valence-corrected chi connectivity index (χ3v) is 3.49. The fourth-order valence-corrected chi connectivity index (χ4v) is 2.27. The van der Waals surface area contributed by atoms with Crippen molar-refractivity contribution in [3.63, 3.8) is 0 Å². The van der Waals surface area contributed by atoms with Crippen LogP contribution in [0.5, 0.6) is 5.88 Å². The van der Waals surface area contributed by atoms with Crippen LogP contribution in [0.3, 0.4) is 0 Å². The molecule has 1 N–H and O–H groups in total. The highest BCUT2D eigenvalue weighted by molar-refractivity contribution is 6.04. The molecule has 0 atom stereocenters. The van der Waals surface area contributed by atoms with Crippen LogP contribution in [0.1, 0.15) is 21.5 Å². The van der Waals surface area contributed by atoms with E-state index in [-0.39, 0.29) is 12.5 Å². The van der Waals surface area contributed by atoms with Crippen LogP contribution in [0, 0.1) is 11.3 Å². The lowest BCUT2D eigenvalue weighted by atomic mass is 10.1. The number of anilines is 1. The van der Waals surface area contributed by atoms with Gasteiger partial charge in [-0.3, -0.25) is 4.79 Å². The number of aromatic nitrogens is 1. The monoisotopic (exact) mass is 329 g/mol. The van der Waals surface area contributed by atoms with Crippen molar-refractivity contribution in [2.24, 2.45) is 0 Å². The zero-order valence-corrected chi connectivity index (χ0v) is 13.3. The molecule has 0 unspecified atom stereocenters. The molecule has 25 heavy (non-hydrogen) atoms. The van der Waals surface area contributed by atoms with Crippen molar-refractivity contribution in [2.75, 3.05) is 5.32 Å². The molecule has 0 aliphatic carbocycles. The van der Waals surface area contributed by atoms with E-state index in [1.54, 1.807) is 60.8 Å². The minimum atomic E-state index is -0.232. The van der Waals surface area contributed by atoms with Gasteiger partial charge in [-0.05, 0) is 42.0 Å². The van der Waals surface area contributed by atoms with Crippen molar-refractivity contribution in [3.05, 3.63) is 89.6 Å². The number of nitrogens with zero attached hydrogens (tertiary/aromatic N) is 2. The van der Waals surface area contributed by atoms with Gasteiger partial charge < -0.3 is 10.1 Å². The van der Waals surface area contributed by atoms with Crippen molar-refractivity contribution in [1.82, 2.24) is 4.98 Å². The molecule has 0 bridgehead atoms.